The third kappa shape index (κ3) is 3.37. The van der Waals surface area contributed by atoms with Crippen molar-refractivity contribution in [3.63, 3.8) is 0 Å². The van der Waals surface area contributed by atoms with Crippen LogP contribution in [0.3, 0.4) is 0 Å². The summed E-state index contributed by atoms with van der Waals surface area (Å²) in [6, 6.07) is 7.36. The maximum absolute atomic E-state index is 13.3. The van der Waals surface area contributed by atoms with E-state index in [1.807, 2.05) is 5.10 Å². The Hall–Kier alpha value is -3.68. The number of benzene rings is 1. The van der Waals surface area contributed by atoms with E-state index in [9.17, 15) is 23.2 Å². The first-order chi connectivity index (χ1) is 12.7. The van der Waals surface area contributed by atoms with Gasteiger partial charge in [0.05, 0.1) is 11.5 Å². The molecule has 140 valence electrons. The number of hydrogen-bond acceptors (Lipinski definition) is 6. The van der Waals surface area contributed by atoms with Gasteiger partial charge in [-0.2, -0.15) is 18.4 Å². The van der Waals surface area contributed by atoms with Crippen LogP contribution in [0.2, 0.25) is 0 Å². The number of fused-ring (bicyclic) bond motifs is 1. The van der Waals surface area contributed by atoms with E-state index in [1.165, 1.54) is 24.3 Å². The number of nitrogens with two attached hydrogens (primary N) is 1. The molecule has 0 amide bonds. The van der Waals surface area contributed by atoms with Crippen molar-refractivity contribution in [2.75, 3.05) is 6.61 Å². The molecule has 0 saturated carbocycles. The molecule has 1 aliphatic rings. The minimum Gasteiger partial charge on any atom is -0.482 e. The molecule has 1 aromatic carbocycles. The number of aromatic nitrogens is 2. The number of nitrogens with one attached hydrogen (secondary N) is 1. The number of halogens is 3. The van der Waals surface area contributed by atoms with Crippen LogP contribution < -0.4 is 15.2 Å². The van der Waals surface area contributed by atoms with Gasteiger partial charge in [-0.05, 0) is 17.7 Å². The minimum absolute atomic E-state index is 0.200. The number of rotatable bonds is 4. The van der Waals surface area contributed by atoms with E-state index in [2.05, 4.69) is 5.10 Å². The van der Waals surface area contributed by atoms with Crippen LogP contribution in [-0.2, 0) is 11.0 Å². The molecule has 8 nitrogen and oxygen atoms in total. The maximum Gasteiger partial charge on any atom is 0.433 e. The van der Waals surface area contributed by atoms with Crippen molar-refractivity contribution >= 4 is 5.97 Å². The molecule has 0 radical (unpaired) electrons. The molecule has 4 N–H and O–H groups in total. The summed E-state index contributed by atoms with van der Waals surface area (Å²) in [4.78, 5) is 10.5. The van der Waals surface area contributed by atoms with Crippen molar-refractivity contribution in [1.82, 2.24) is 10.2 Å². The lowest BCUT2D eigenvalue weighted by molar-refractivity contribution is -0.142. The number of carboxylic acid groups (broad SMARTS) is 1. The highest BCUT2D eigenvalue weighted by Gasteiger charge is 2.44. The molecule has 0 saturated heterocycles. The van der Waals surface area contributed by atoms with Gasteiger partial charge in [-0.25, -0.2) is 4.79 Å². The normalized spacial score (nSPS) is 16.3. The quantitative estimate of drug-likeness (QED) is 0.739. The van der Waals surface area contributed by atoms with Crippen LogP contribution >= 0.6 is 0 Å². The van der Waals surface area contributed by atoms with E-state index in [0.717, 1.165) is 0 Å². The molecule has 1 aromatic heterocycles. The number of carbonyl (C=O) groups is 1. The number of ether oxygens (including phenoxy) is 2. The zero-order valence-electron chi connectivity index (χ0n) is 13.4. The van der Waals surface area contributed by atoms with Gasteiger partial charge < -0.3 is 20.3 Å². The Morgan fingerprint density at radius 2 is 2.07 bits per heavy atom. The Labute approximate surface area is 149 Å². The summed E-state index contributed by atoms with van der Waals surface area (Å²) in [5, 5.41) is 23.4. The van der Waals surface area contributed by atoms with Crippen LogP contribution in [-0.4, -0.2) is 27.9 Å². The summed E-state index contributed by atoms with van der Waals surface area (Å²) in [7, 11) is 0. The predicted molar refractivity (Wildman–Crippen MR) is 82.5 cm³/mol. The summed E-state index contributed by atoms with van der Waals surface area (Å²) in [6.45, 7) is -0.572. The first-order valence-electron chi connectivity index (χ1n) is 7.40. The van der Waals surface area contributed by atoms with Gasteiger partial charge in [0.15, 0.2) is 6.61 Å². The lowest BCUT2D eigenvalue weighted by Crippen LogP contribution is -2.22. The summed E-state index contributed by atoms with van der Waals surface area (Å²) in [5.74, 6) is -2.85. The molecule has 1 unspecified atom stereocenters. The molecular weight excluding hydrogens is 369 g/mol. The van der Waals surface area contributed by atoms with E-state index >= 15 is 0 Å². The number of hydrogen-bond donors (Lipinski definition) is 3. The average Bonchev–Trinajstić information content (AvgIpc) is 3.02. The third-order valence-corrected chi connectivity index (χ3v) is 3.80. The van der Waals surface area contributed by atoms with Crippen molar-refractivity contribution in [2.24, 2.45) is 5.73 Å². The molecule has 1 aliphatic heterocycles. The topological polar surface area (TPSA) is 134 Å². The molecule has 27 heavy (non-hydrogen) atoms. The summed E-state index contributed by atoms with van der Waals surface area (Å²) in [5.41, 5.74) is 4.27. The maximum atomic E-state index is 13.3. The zero-order valence-corrected chi connectivity index (χ0v) is 13.4. The highest BCUT2D eigenvalue weighted by Crippen LogP contribution is 2.46. The van der Waals surface area contributed by atoms with E-state index in [1.54, 1.807) is 6.07 Å². The number of aliphatic carboxylic acids is 1. The predicted octanol–water partition coefficient (Wildman–Crippen LogP) is 2.11. The Morgan fingerprint density at radius 1 is 1.41 bits per heavy atom. The van der Waals surface area contributed by atoms with E-state index in [4.69, 9.17) is 20.3 Å². The van der Waals surface area contributed by atoms with Gasteiger partial charge in [-0.3, -0.25) is 5.10 Å². The lowest BCUT2D eigenvalue weighted by Gasteiger charge is -2.24. The molecule has 0 bridgehead atoms. The van der Waals surface area contributed by atoms with Gasteiger partial charge in [0.1, 0.15) is 23.1 Å². The fraction of sp³-hybridized carbons (Fsp3) is 0.188. The molecule has 0 spiro atoms. The average molecular weight is 380 g/mol. The van der Waals surface area contributed by atoms with Crippen molar-refractivity contribution in [2.45, 2.75) is 12.1 Å². The Morgan fingerprint density at radius 3 is 2.63 bits per heavy atom. The molecular formula is C16H11F3N4O4. The fourth-order valence-corrected chi connectivity index (χ4v) is 2.70. The minimum atomic E-state index is -4.75. The number of alkyl halides is 3. The standard InChI is InChI=1S/C16H11F3N4O4/c17-16(18,19)13-12-11(9(5-20)14(21)27-15(12)23-22-13)7-1-3-8(4-2-7)26-6-10(24)25/h1-4,11H,6,21H2,(H,22,23)(H,24,25). The second kappa shape index (κ2) is 6.56. The molecule has 0 aliphatic carbocycles. The molecule has 0 fully saturated rings. The fourth-order valence-electron chi connectivity index (χ4n) is 2.70. The first kappa shape index (κ1) is 18.1. The number of nitrogens with zero attached hydrogens (tertiary/aromatic N) is 2. The number of H-pyrrole nitrogens is 1. The van der Waals surface area contributed by atoms with Gasteiger partial charge in [0.25, 0.3) is 0 Å². The zero-order chi connectivity index (χ0) is 19.8. The van der Waals surface area contributed by atoms with Gasteiger partial charge in [-0.1, -0.05) is 12.1 Å². The van der Waals surface area contributed by atoms with Crippen molar-refractivity contribution in [3.8, 4) is 17.7 Å². The van der Waals surface area contributed by atoms with Gasteiger partial charge in [0, 0.05) is 0 Å². The van der Waals surface area contributed by atoms with Crippen LogP contribution in [0.1, 0.15) is 22.7 Å². The molecule has 11 heteroatoms. The van der Waals surface area contributed by atoms with Crippen LogP contribution in [0.5, 0.6) is 11.6 Å². The lowest BCUT2D eigenvalue weighted by atomic mass is 9.84. The van der Waals surface area contributed by atoms with E-state index < -0.39 is 30.4 Å². The number of allylic oxidation sites excluding steroid dienone is 1. The number of aromatic amines is 1. The molecule has 3 rings (SSSR count). The largest absolute Gasteiger partial charge is 0.482 e. The molecule has 2 aromatic rings. The van der Waals surface area contributed by atoms with Crippen molar-refractivity contribution < 1.29 is 32.5 Å². The van der Waals surface area contributed by atoms with Gasteiger partial charge in [-0.15, -0.1) is 5.10 Å². The van der Waals surface area contributed by atoms with Gasteiger partial charge >= 0.3 is 12.1 Å². The molecule has 2 heterocycles. The van der Waals surface area contributed by atoms with Crippen LogP contribution in [0.15, 0.2) is 35.7 Å². The highest BCUT2D eigenvalue weighted by molar-refractivity contribution is 5.68. The van der Waals surface area contributed by atoms with Crippen molar-refractivity contribution in [3.05, 3.63) is 52.5 Å². The molecule has 1 atom stereocenters. The van der Waals surface area contributed by atoms with Crippen LogP contribution in [0, 0.1) is 11.3 Å². The summed E-state index contributed by atoms with van der Waals surface area (Å²) >= 11 is 0. The SMILES string of the molecule is N#CC1=C(N)Oc2n[nH]c(C(F)(F)F)c2C1c1ccc(OCC(=O)O)cc1. The first-order valence-corrected chi connectivity index (χ1v) is 7.40. The van der Waals surface area contributed by atoms with Gasteiger partial charge in [0.2, 0.25) is 11.8 Å². The third-order valence-electron chi connectivity index (χ3n) is 3.80. The number of nitriles is 1. The highest BCUT2D eigenvalue weighted by atomic mass is 19.4. The van der Waals surface area contributed by atoms with Crippen molar-refractivity contribution in [1.29, 1.82) is 5.26 Å². The Balaban J connectivity index is 2.07. The Bertz CT molecular complexity index is 958. The second-order valence-corrected chi connectivity index (χ2v) is 5.49. The number of carboxylic acids is 1. The summed E-state index contributed by atoms with van der Waals surface area (Å²) < 4.78 is 50.0. The van der Waals surface area contributed by atoms with Crippen LogP contribution in [0.25, 0.3) is 0 Å². The smallest absolute Gasteiger partial charge is 0.433 e. The Kier molecular flexibility index (Phi) is 4.40. The van der Waals surface area contributed by atoms with Crippen LogP contribution in [0.4, 0.5) is 13.2 Å². The summed E-state index contributed by atoms with van der Waals surface area (Å²) in [6.07, 6.45) is -4.75. The monoisotopic (exact) mass is 380 g/mol. The van der Waals surface area contributed by atoms with E-state index in [-0.39, 0.29) is 28.6 Å². The van der Waals surface area contributed by atoms with E-state index in [0.29, 0.717) is 5.56 Å². The second-order valence-electron chi connectivity index (χ2n) is 5.49.